The van der Waals surface area contributed by atoms with Crippen molar-refractivity contribution >= 4 is 29.1 Å². The van der Waals surface area contributed by atoms with Crippen LogP contribution in [0.3, 0.4) is 0 Å². The number of aliphatic hydroxyl groups excluding tert-OH is 1. The van der Waals surface area contributed by atoms with Crippen LogP contribution < -0.4 is 0 Å². The number of amides is 1. The Labute approximate surface area is 110 Å². The summed E-state index contributed by atoms with van der Waals surface area (Å²) < 4.78 is 0. The number of carbonyl (C=O) groups excluding carboxylic acids is 1. The van der Waals surface area contributed by atoms with E-state index in [4.69, 9.17) is 28.3 Å². The van der Waals surface area contributed by atoms with E-state index >= 15 is 0 Å². The summed E-state index contributed by atoms with van der Waals surface area (Å²) in [6, 6.07) is 5.16. The van der Waals surface area contributed by atoms with E-state index in [2.05, 4.69) is 6.58 Å². The highest BCUT2D eigenvalue weighted by molar-refractivity contribution is 6.42. The predicted molar refractivity (Wildman–Crippen MR) is 69.2 cm³/mol. The fourth-order valence-corrected chi connectivity index (χ4v) is 1.70. The second-order valence-electron chi connectivity index (χ2n) is 3.44. The number of hydrogen-bond donors (Lipinski definition) is 1. The number of aliphatic hydroxyl groups is 1. The lowest BCUT2D eigenvalue weighted by molar-refractivity contribution is -0.127. The van der Waals surface area contributed by atoms with Gasteiger partial charge in [-0.2, -0.15) is 0 Å². The van der Waals surface area contributed by atoms with Crippen LogP contribution in [0.2, 0.25) is 10.0 Å². The van der Waals surface area contributed by atoms with Crippen LogP contribution in [-0.4, -0.2) is 29.1 Å². The molecule has 5 heteroatoms. The van der Waals surface area contributed by atoms with Gasteiger partial charge in [0.25, 0.3) is 0 Å². The van der Waals surface area contributed by atoms with Gasteiger partial charge >= 0.3 is 0 Å². The summed E-state index contributed by atoms with van der Waals surface area (Å²) >= 11 is 11.7. The fourth-order valence-electron chi connectivity index (χ4n) is 1.38. The summed E-state index contributed by atoms with van der Waals surface area (Å²) in [6.45, 7) is 3.94. The smallest absolute Gasteiger partial charge is 0.246 e. The normalized spacial score (nSPS) is 10.1. The summed E-state index contributed by atoms with van der Waals surface area (Å²) in [7, 11) is 0. The molecule has 0 bridgehead atoms. The SMILES string of the molecule is C=CC(=O)N(CCO)Cc1ccc(Cl)c(Cl)c1. The van der Waals surface area contributed by atoms with Crippen molar-refractivity contribution in [2.24, 2.45) is 0 Å². The lowest BCUT2D eigenvalue weighted by Gasteiger charge is -2.20. The summed E-state index contributed by atoms with van der Waals surface area (Å²) in [5.41, 5.74) is 0.850. The maximum absolute atomic E-state index is 11.5. The van der Waals surface area contributed by atoms with Crippen molar-refractivity contribution in [3.05, 3.63) is 46.5 Å². The average molecular weight is 274 g/mol. The van der Waals surface area contributed by atoms with Crippen LogP contribution in [0, 0.1) is 0 Å². The molecule has 0 heterocycles. The summed E-state index contributed by atoms with van der Waals surface area (Å²) in [5.74, 6) is -0.231. The maximum atomic E-state index is 11.5. The summed E-state index contributed by atoms with van der Waals surface area (Å²) in [5, 5.41) is 9.80. The molecule has 0 aliphatic carbocycles. The lowest BCUT2D eigenvalue weighted by Crippen LogP contribution is -2.31. The van der Waals surface area contributed by atoms with Crippen LogP contribution in [0.5, 0.6) is 0 Å². The molecule has 17 heavy (non-hydrogen) atoms. The summed E-state index contributed by atoms with van der Waals surface area (Å²) in [6.07, 6.45) is 1.22. The molecular weight excluding hydrogens is 261 g/mol. The molecule has 3 nitrogen and oxygen atoms in total. The molecule has 1 rings (SSSR count). The maximum Gasteiger partial charge on any atom is 0.246 e. The number of carbonyl (C=O) groups is 1. The van der Waals surface area contributed by atoms with Gasteiger partial charge in [0.1, 0.15) is 0 Å². The Bertz CT molecular complexity index is 421. The number of rotatable bonds is 5. The van der Waals surface area contributed by atoms with Gasteiger partial charge in [-0.1, -0.05) is 35.8 Å². The molecule has 0 aromatic heterocycles. The molecule has 92 valence electrons. The van der Waals surface area contributed by atoms with Crippen molar-refractivity contribution in [3.63, 3.8) is 0 Å². The predicted octanol–water partition coefficient (Wildman–Crippen LogP) is 2.50. The second kappa shape index (κ2) is 6.64. The lowest BCUT2D eigenvalue weighted by atomic mass is 10.2. The first-order chi connectivity index (χ1) is 8.08. The van der Waals surface area contributed by atoms with Gasteiger partial charge < -0.3 is 10.0 Å². The Hall–Kier alpha value is -1.03. The minimum absolute atomic E-state index is 0.0963. The van der Waals surface area contributed by atoms with Crippen LogP contribution in [0.4, 0.5) is 0 Å². The van der Waals surface area contributed by atoms with Gasteiger partial charge in [0.05, 0.1) is 16.7 Å². The Morgan fingerprint density at radius 3 is 2.65 bits per heavy atom. The minimum atomic E-state index is -0.231. The van der Waals surface area contributed by atoms with Crippen LogP contribution in [0.15, 0.2) is 30.9 Å². The number of hydrogen-bond acceptors (Lipinski definition) is 2. The van der Waals surface area contributed by atoms with E-state index in [-0.39, 0.29) is 19.1 Å². The van der Waals surface area contributed by atoms with Gasteiger partial charge in [-0.15, -0.1) is 0 Å². The number of halogens is 2. The van der Waals surface area contributed by atoms with Crippen LogP contribution >= 0.6 is 23.2 Å². The first kappa shape index (κ1) is 14.0. The van der Waals surface area contributed by atoms with Crippen molar-refractivity contribution in [1.29, 1.82) is 0 Å². The minimum Gasteiger partial charge on any atom is -0.395 e. The molecule has 0 aliphatic rings. The third-order valence-corrected chi connectivity index (χ3v) is 2.95. The van der Waals surface area contributed by atoms with E-state index in [9.17, 15) is 4.79 Å². The van der Waals surface area contributed by atoms with Gasteiger partial charge in [0, 0.05) is 13.1 Å². The van der Waals surface area contributed by atoms with Crippen LogP contribution in [0.25, 0.3) is 0 Å². The highest BCUT2D eigenvalue weighted by atomic mass is 35.5. The van der Waals surface area contributed by atoms with Crippen molar-refractivity contribution in [3.8, 4) is 0 Å². The first-order valence-electron chi connectivity index (χ1n) is 5.04. The highest BCUT2D eigenvalue weighted by Gasteiger charge is 2.10. The quantitative estimate of drug-likeness (QED) is 0.838. The van der Waals surface area contributed by atoms with Crippen LogP contribution in [0.1, 0.15) is 5.56 Å². The molecule has 1 amide bonds. The van der Waals surface area contributed by atoms with Gasteiger partial charge in [0.2, 0.25) is 5.91 Å². The van der Waals surface area contributed by atoms with Crippen molar-refractivity contribution in [1.82, 2.24) is 4.90 Å². The van der Waals surface area contributed by atoms with Crippen molar-refractivity contribution in [2.75, 3.05) is 13.2 Å². The molecule has 0 aliphatic heterocycles. The van der Waals surface area contributed by atoms with Gasteiger partial charge in [-0.25, -0.2) is 0 Å². The Balaban J connectivity index is 2.81. The zero-order chi connectivity index (χ0) is 12.8. The van der Waals surface area contributed by atoms with Gasteiger partial charge in [-0.3, -0.25) is 4.79 Å². The molecule has 0 atom stereocenters. The Morgan fingerprint density at radius 1 is 1.41 bits per heavy atom. The molecular formula is C12H13Cl2NO2. The van der Waals surface area contributed by atoms with Crippen molar-refractivity contribution in [2.45, 2.75) is 6.54 Å². The molecule has 1 aromatic rings. The molecule has 0 unspecified atom stereocenters. The molecule has 1 aromatic carbocycles. The van der Waals surface area contributed by atoms with Gasteiger partial charge in [-0.05, 0) is 23.8 Å². The first-order valence-corrected chi connectivity index (χ1v) is 5.80. The summed E-state index contributed by atoms with van der Waals surface area (Å²) in [4.78, 5) is 13.0. The van der Waals surface area contributed by atoms with E-state index in [1.54, 1.807) is 18.2 Å². The number of benzene rings is 1. The number of nitrogens with zero attached hydrogens (tertiary/aromatic N) is 1. The molecule has 0 saturated heterocycles. The average Bonchev–Trinajstić information content (AvgIpc) is 2.32. The molecule has 0 fully saturated rings. The molecule has 0 radical (unpaired) electrons. The third-order valence-electron chi connectivity index (χ3n) is 2.21. The van der Waals surface area contributed by atoms with E-state index in [0.29, 0.717) is 16.6 Å². The zero-order valence-electron chi connectivity index (χ0n) is 9.20. The van der Waals surface area contributed by atoms with Gasteiger partial charge in [0.15, 0.2) is 0 Å². The molecule has 1 N–H and O–H groups in total. The monoisotopic (exact) mass is 273 g/mol. The topological polar surface area (TPSA) is 40.5 Å². The van der Waals surface area contributed by atoms with E-state index in [1.165, 1.54) is 11.0 Å². The third kappa shape index (κ3) is 4.04. The van der Waals surface area contributed by atoms with Crippen molar-refractivity contribution < 1.29 is 9.90 Å². The Kier molecular flexibility index (Phi) is 5.48. The fraction of sp³-hybridized carbons (Fsp3) is 0.250. The van der Waals surface area contributed by atoms with E-state index < -0.39 is 0 Å². The molecule has 0 spiro atoms. The van der Waals surface area contributed by atoms with E-state index in [1.807, 2.05) is 0 Å². The second-order valence-corrected chi connectivity index (χ2v) is 4.25. The highest BCUT2D eigenvalue weighted by Crippen LogP contribution is 2.23. The molecule has 0 saturated carbocycles. The zero-order valence-corrected chi connectivity index (χ0v) is 10.7. The standard InChI is InChI=1S/C12H13Cl2NO2/c1-2-12(17)15(5-6-16)8-9-3-4-10(13)11(14)7-9/h2-4,7,16H,1,5-6,8H2. The van der Waals surface area contributed by atoms with E-state index in [0.717, 1.165) is 5.56 Å². The Morgan fingerprint density at radius 2 is 2.12 bits per heavy atom. The largest absolute Gasteiger partial charge is 0.395 e. The van der Waals surface area contributed by atoms with Crippen LogP contribution in [-0.2, 0) is 11.3 Å².